The van der Waals surface area contributed by atoms with Gasteiger partial charge in [-0.05, 0) is 44.5 Å². The number of nitrogens with zero attached hydrogens (tertiary/aromatic N) is 1. The van der Waals surface area contributed by atoms with Crippen LogP contribution in [0.1, 0.15) is 26.7 Å². The number of likely N-dealkylation sites (tertiary alicyclic amines) is 1. The summed E-state index contributed by atoms with van der Waals surface area (Å²) >= 11 is 0. The molecule has 1 aliphatic rings. The van der Waals surface area contributed by atoms with Crippen LogP contribution in [0.3, 0.4) is 0 Å². The molecule has 1 rings (SSSR count). The Bertz CT molecular complexity index is 274. The lowest BCUT2D eigenvalue weighted by atomic mass is 10.1. The van der Waals surface area contributed by atoms with Gasteiger partial charge in [0.1, 0.15) is 0 Å². The number of hydrogen-bond acceptors (Lipinski definition) is 1. The predicted octanol–water partition coefficient (Wildman–Crippen LogP) is 3.46. The lowest BCUT2D eigenvalue weighted by Gasteiger charge is -2.22. The molecule has 0 aliphatic carbocycles. The lowest BCUT2D eigenvalue weighted by molar-refractivity contribution is 0.300. The van der Waals surface area contributed by atoms with Crippen molar-refractivity contribution in [3.05, 3.63) is 36.2 Å². The molecule has 15 heavy (non-hydrogen) atoms. The summed E-state index contributed by atoms with van der Waals surface area (Å²) in [6, 6.07) is 0.458. The third kappa shape index (κ3) is 3.63. The molecule has 0 aromatic rings. The second-order valence-corrected chi connectivity index (χ2v) is 3.97. The maximum atomic E-state index is 12.4. The van der Waals surface area contributed by atoms with E-state index in [2.05, 4.69) is 18.4 Å². The SMILES string of the molecule is C=C(/C=C\C=C(/C)F)[C@H]1CCCN1CC. The summed E-state index contributed by atoms with van der Waals surface area (Å²) in [5.41, 5.74) is 1.09. The number of allylic oxidation sites excluding steroid dienone is 3. The van der Waals surface area contributed by atoms with E-state index in [4.69, 9.17) is 0 Å². The highest BCUT2D eigenvalue weighted by Gasteiger charge is 2.23. The first-order valence-electron chi connectivity index (χ1n) is 5.58. The summed E-state index contributed by atoms with van der Waals surface area (Å²) in [6.45, 7) is 9.89. The van der Waals surface area contributed by atoms with E-state index in [1.165, 1.54) is 25.8 Å². The Morgan fingerprint density at radius 3 is 2.93 bits per heavy atom. The van der Waals surface area contributed by atoms with E-state index >= 15 is 0 Å². The van der Waals surface area contributed by atoms with E-state index in [1.54, 1.807) is 6.08 Å². The molecule has 0 aromatic heterocycles. The zero-order chi connectivity index (χ0) is 11.3. The van der Waals surface area contributed by atoms with Gasteiger partial charge in [-0.25, -0.2) is 4.39 Å². The molecule has 0 aromatic carbocycles. The summed E-state index contributed by atoms with van der Waals surface area (Å²) in [5, 5.41) is 0. The van der Waals surface area contributed by atoms with Crippen LogP contribution in [0.5, 0.6) is 0 Å². The molecule has 0 saturated carbocycles. The van der Waals surface area contributed by atoms with Crippen molar-refractivity contribution in [2.75, 3.05) is 13.1 Å². The Balaban J connectivity index is 2.53. The molecule has 0 bridgehead atoms. The van der Waals surface area contributed by atoms with Gasteiger partial charge in [0.15, 0.2) is 0 Å². The van der Waals surface area contributed by atoms with Crippen LogP contribution in [0.25, 0.3) is 0 Å². The minimum Gasteiger partial charge on any atom is -0.297 e. The number of rotatable bonds is 4. The van der Waals surface area contributed by atoms with Gasteiger partial charge in [0.05, 0.1) is 5.83 Å². The van der Waals surface area contributed by atoms with Crippen LogP contribution in [0.15, 0.2) is 36.2 Å². The molecule has 1 saturated heterocycles. The smallest absolute Gasteiger partial charge is 0.0968 e. The molecule has 1 fully saturated rings. The molecule has 0 spiro atoms. The Morgan fingerprint density at radius 1 is 1.60 bits per heavy atom. The molecule has 0 radical (unpaired) electrons. The van der Waals surface area contributed by atoms with Crippen LogP contribution < -0.4 is 0 Å². The second kappa shape index (κ2) is 5.86. The molecular weight excluding hydrogens is 189 g/mol. The Kier molecular flexibility index (Phi) is 4.76. The highest BCUT2D eigenvalue weighted by Crippen LogP contribution is 2.22. The van der Waals surface area contributed by atoms with Crippen molar-refractivity contribution in [1.82, 2.24) is 4.90 Å². The number of hydrogen-bond donors (Lipinski definition) is 0. The van der Waals surface area contributed by atoms with Crippen LogP contribution >= 0.6 is 0 Å². The summed E-state index contributed by atoms with van der Waals surface area (Å²) in [6.07, 6.45) is 7.54. The quantitative estimate of drug-likeness (QED) is 0.641. The van der Waals surface area contributed by atoms with E-state index in [9.17, 15) is 4.39 Å². The summed E-state index contributed by atoms with van der Waals surface area (Å²) in [5.74, 6) is -0.169. The third-order valence-corrected chi connectivity index (χ3v) is 2.83. The zero-order valence-corrected chi connectivity index (χ0v) is 9.67. The minimum atomic E-state index is -0.169. The fourth-order valence-corrected chi connectivity index (χ4v) is 2.04. The molecule has 0 unspecified atom stereocenters. The highest BCUT2D eigenvalue weighted by atomic mass is 19.1. The van der Waals surface area contributed by atoms with Crippen LogP contribution in [0.2, 0.25) is 0 Å². The summed E-state index contributed by atoms with van der Waals surface area (Å²) in [7, 11) is 0. The molecule has 1 heterocycles. The Hall–Kier alpha value is -0.890. The van der Waals surface area contributed by atoms with Gasteiger partial charge in [-0.1, -0.05) is 25.7 Å². The molecule has 1 atom stereocenters. The van der Waals surface area contributed by atoms with Crippen molar-refractivity contribution in [3.63, 3.8) is 0 Å². The van der Waals surface area contributed by atoms with Crippen LogP contribution in [0.4, 0.5) is 4.39 Å². The van der Waals surface area contributed by atoms with Crippen molar-refractivity contribution in [2.24, 2.45) is 0 Å². The molecule has 84 valence electrons. The van der Waals surface area contributed by atoms with E-state index in [1.807, 2.05) is 6.08 Å². The van der Waals surface area contributed by atoms with Gasteiger partial charge in [-0.3, -0.25) is 4.90 Å². The van der Waals surface area contributed by atoms with Gasteiger partial charge in [0, 0.05) is 6.04 Å². The summed E-state index contributed by atoms with van der Waals surface area (Å²) < 4.78 is 12.4. The van der Waals surface area contributed by atoms with Crippen molar-refractivity contribution in [3.8, 4) is 0 Å². The van der Waals surface area contributed by atoms with Crippen LogP contribution in [-0.2, 0) is 0 Å². The summed E-state index contributed by atoms with van der Waals surface area (Å²) in [4.78, 5) is 2.42. The number of likely N-dealkylation sites (N-methyl/N-ethyl adjacent to an activating group) is 1. The van der Waals surface area contributed by atoms with Gasteiger partial charge >= 0.3 is 0 Å². The molecule has 0 N–H and O–H groups in total. The van der Waals surface area contributed by atoms with Gasteiger partial charge < -0.3 is 0 Å². The van der Waals surface area contributed by atoms with Crippen LogP contribution in [-0.4, -0.2) is 24.0 Å². The maximum absolute atomic E-state index is 12.4. The second-order valence-electron chi connectivity index (χ2n) is 3.97. The Morgan fingerprint density at radius 2 is 2.33 bits per heavy atom. The Labute approximate surface area is 92.0 Å². The van der Waals surface area contributed by atoms with Gasteiger partial charge in [-0.15, -0.1) is 0 Å². The molecule has 1 nitrogen and oxygen atoms in total. The molecule has 1 aliphatic heterocycles. The largest absolute Gasteiger partial charge is 0.297 e. The fraction of sp³-hybridized carbons (Fsp3) is 0.538. The topological polar surface area (TPSA) is 3.24 Å². The monoisotopic (exact) mass is 209 g/mol. The first-order valence-corrected chi connectivity index (χ1v) is 5.58. The zero-order valence-electron chi connectivity index (χ0n) is 9.67. The van der Waals surface area contributed by atoms with Gasteiger partial charge in [-0.2, -0.15) is 0 Å². The minimum absolute atomic E-state index is 0.169. The molecule has 2 heteroatoms. The molecular formula is C13H20FN. The molecule has 0 amide bonds. The standard InChI is InChI=1S/C13H20FN/c1-4-15-10-6-9-13(15)11(2)7-5-8-12(3)14/h5,7-8,13H,2,4,6,9-10H2,1,3H3/b7-5-,12-8+/t13-/m1/s1. The van der Waals surface area contributed by atoms with Crippen molar-refractivity contribution in [2.45, 2.75) is 32.7 Å². The first-order chi connectivity index (χ1) is 7.15. The van der Waals surface area contributed by atoms with Crippen molar-refractivity contribution in [1.29, 1.82) is 0 Å². The highest BCUT2D eigenvalue weighted by molar-refractivity contribution is 5.25. The first kappa shape index (κ1) is 12.2. The van der Waals surface area contributed by atoms with E-state index in [0.29, 0.717) is 6.04 Å². The fourth-order valence-electron chi connectivity index (χ4n) is 2.04. The third-order valence-electron chi connectivity index (χ3n) is 2.83. The number of halogens is 1. The van der Waals surface area contributed by atoms with E-state index in [-0.39, 0.29) is 5.83 Å². The van der Waals surface area contributed by atoms with E-state index < -0.39 is 0 Å². The van der Waals surface area contributed by atoms with Gasteiger partial charge in [0.2, 0.25) is 0 Å². The lowest BCUT2D eigenvalue weighted by Crippen LogP contribution is -2.29. The normalized spacial score (nSPS) is 23.9. The average molecular weight is 209 g/mol. The van der Waals surface area contributed by atoms with Crippen LogP contribution in [0, 0.1) is 0 Å². The van der Waals surface area contributed by atoms with Gasteiger partial charge in [0.25, 0.3) is 0 Å². The maximum Gasteiger partial charge on any atom is 0.0968 e. The van der Waals surface area contributed by atoms with Crippen molar-refractivity contribution >= 4 is 0 Å². The van der Waals surface area contributed by atoms with E-state index in [0.717, 1.165) is 18.7 Å². The predicted molar refractivity (Wildman–Crippen MR) is 63.4 cm³/mol. The van der Waals surface area contributed by atoms with Crippen molar-refractivity contribution < 1.29 is 4.39 Å². The average Bonchev–Trinajstić information content (AvgIpc) is 2.64.